The summed E-state index contributed by atoms with van der Waals surface area (Å²) >= 11 is 0. The van der Waals surface area contributed by atoms with Gasteiger partial charge >= 0.3 is 0 Å². The minimum atomic E-state index is -0.179. The summed E-state index contributed by atoms with van der Waals surface area (Å²) in [5, 5.41) is 11.7. The van der Waals surface area contributed by atoms with E-state index in [1.54, 1.807) is 12.1 Å². The van der Waals surface area contributed by atoms with Crippen LogP contribution in [0, 0.1) is 25.2 Å². The van der Waals surface area contributed by atoms with Gasteiger partial charge in [0, 0.05) is 0 Å². The minimum Gasteiger partial charge on any atom is -0.484 e. The Balaban J connectivity index is 1.89. The largest absolute Gasteiger partial charge is 0.484 e. The van der Waals surface area contributed by atoms with Gasteiger partial charge in [-0.15, -0.1) is 0 Å². The molecule has 2 rings (SSSR count). The van der Waals surface area contributed by atoms with E-state index in [0.29, 0.717) is 5.56 Å². The van der Waals surface area contributed by atoms with E-state index in [9.17, 15) is 4.79 Å². The third-order valence-corrected chi connectivity index (χ3v) is 3.61. The number of nitrogens with one attached hydrogen (secondary N) is 1. The van der Waals surface area contributed by atoms with Crippen molar-refractivity contribution in [2.75, 3.05) is 6.61 Å². The zero-order valence-corrected chi connectivity index (χ0v) is 13.6. The average molecular weight is 308 g/mol. The molecule has 0 spiro atoms. The van der Waals surface area contributed by atoms with Crippen LogP contribution in [0.3, 0.4) is 0 Å². The predicted octanol–water partition coefficient (Wildman–Crippen LogP) is 3.43. The second-order valence-electron chi connectivity index (χ2n) is 5.58. The Kier molecular flexibility index (Phi) is 5.37. The fraction of sp³-hybridized carbons (Fsp3) is 0.263. The number of nitrogens with zero attached hydrogens (tertiary/aromatic N) is 1. The Bertz CT molecular complexity index is 730. The Morgan fingerprint density at radius 2 is 1.91 bits per heavy atom. The fourth-order valence-corrected chi connectivity index (χ4v) is 2.32. The van der Waals surface area contributed by atoms with E-state index in [1.807, 2.05) is 51.1 Å². The third-order valence-electron chi connectivity index (χ3n) is 3.61. The van der Waals surface area contributed by atoms with Crippen molar-refractivity contribution in [1.82, 2.24) is 5.32 Å². The lowest BCUT2D eigenvalue weighted by Gasteiger charge is -2.15. The number of aryl methyl sites for hydroxylation is 2. The molecule has 1 atom stereocenters. The zero-order chi connectivity index (χ0) is 16.8. The van der Waals surface area contributed by atoms with Crippen LogP contribution in [0.5, 0.6) is 5.75 Å². The van der Waals surface area contributed by atoms with Gasteiger partial charge in [-0.3, -0.25) is 4.79 Å². The molecule has 4 heteroatoms. The van der Waals surface area contributed by atoms with Gasteiger partial charge in [0.15, 0.2) is 6.61 Å². The number of ether oxygens (including phenoxy) is 1. The zero-order valence-electron chi connectivity index (χ0n) is 13.6. The highest BCUT2D eigenvalue weighted by atomic mass is 16.5. The molecule has 0 aliphatic carbocycles. The minimum absolute atomic E-state index is 0.0233. The summed E-state index contributed by atoms with van der Waals surface area (Å²) in [4.78, 5) is 12.0. The molecule has 118 valence electrons. The van der Waals surface area contributed by atoms with Crippen molar-refractivity contribution >= 4 is 5.91 Å². The number of nitriles is 1. The number of benzene rings is 2. The van der Waals surface area contributed by atoms with Crippen LogP contribution in [0.25, 0.3) is 0 Å². The lowest BCUT2D eigenvalue weighted by Crippen LogP contribution is -2.31. The maximum Gasteiger partial charge on any atom is 0.258 e. The Labute approximate surface area is 136 Å². The molecule has 2 aromatic rings. The monoisotopic (exact) mass is 308 g/mol. The third kappa shape index (κ3) is 4.58. The standard InChI is InChI=1S/C19H20N2O2/c1-13-4-9-18(14(2)10-13)23-12-19(22)21-15(3)17-7-5-16(11-20)6-8-17/h4-10,15H,12H2,1-3H3,(H,21,22). The maximum atomic E-state index is 12.0. The lowest BCUT2D eigenvalue weighted by molar-refractivity contribution is -0.123. The number of carbonyl (C=O) groups excluding carboxylic acids is 1. The summed E-state index contributed by atoms with van der Waals surface area (Å²) in [7, 11) is 0. The van der Waals surface area contributed by atoms with Gasteiger partial charge in [0.1, 0.15) is 5.75 Å². The topological polar surface area (TPSA) is 62.1 Å². The van der Waals surface area contributed by atoms with Crippen LogP contribution in [0.4, 0.5) is 0 Å². The van der Waals surface area contributed by atoms with Crippen molar-refractivity contribution in [3.05, 3.63) is 64.7 Å². The average Bonchev–Trinajstić information content (AvgIpc) is 2.54. The van der Waals surface area contributed by atoms with E-state index < -0.39 is 0 Å². The van der Waals surface area contributed by atoms with E-state index in [1.165, 1.54) is 0 Å². The van der Waals surface area contributed by atoms with Crippen LogP contribution < -0.4 is 10.1 Å². The van der Waals surface area contributed by atoms with Crippen molar-refractivity contribution in [3.63, 3.8) is 0 Å². The molecule has 0 aliphatic rings. The first kappa shape index (κ1) is 16.6. The number of hydrogen-bond donors (Lipinski definition) is 1. The lowest BCUT2D eigenvalue weighted by atomic mass is 10.1. The van der Waals surface area contributed by atoms with Crippen molar-refractivity contribution < 1.29 is 9.53 Å². The first-order valence-electron chi connectivity index (χ1n) is 7.49. The number of rotatable bonds is 5. The molecule has 2 aromatic carbocycles. The second kappa shape index (κ2) is 7.46. The molecule has 0 heterocycles. The highest BCUT2D eigenvalue weighted by Gasteiger charge is 2.11. The van der Waals surface area contributed by atoms with Gasteiger partial charge in [0.2, 0.25) is 0 Å². The molecule has 0 fully saturated rings. The number of hydrogen-bond acceptors (Lipinski definition) is 3. The summed E-state index contributed by atoms with van der Waals surface area (Å²) in [5.41, 5.74) is 3.72. The summed E-state index contributed by atoms with van der Waals surface area (Å²) in [5.74, 6) is 0.540. The van der Waals surface area contributed by atoms with Gasteiger partial charge in [-0.1, -0.05) is 29.8 Å². The van der Waals surface area contributed by atoms with Gasteiger partial charge in [-0.25, -0.2) is 0 Å². The van der Waals surface area contributed by atoms with Crippen molar-refractivity contribution in [1.29, 1.82) is 5.26 Å². The molecular formula is C19H20N2O2. The normalized spacial score (nSPS) is 11.4. The van der Waals surface area contributed by atoms with Crippen LogP contribution >= 0.6 is 0 Å². The number of carbonyl (C=O) groups is 1. The highest BCUT2D eigenvalue weighted by molar-refractivity contribution is 5.78. The van der Waals surface area contributed by atoms with Crippen LogP contribution in [-0.2, 0) is 4.79 Å². The molecule has 4 nitrogen and oxygen atoms in total. The molecule has 0 aliphatic heterocycles. The van der Waals surface area contributed by atoms with E-state index in [2.05, 4.69) is 11.4 Å². The Hall–Kier alpha value is -2.80. The van der Waals surface area contributed by atoms with Crippen LogP contribution in [0.1, 0.15) is 35.2 Å². The maximum absolute atomic E-state index is 12.0. The van der Waals surface area contributed by atoms with Crippen LogP contribution in [0.15, 0.2) is 42.5 Å². The van der Waals surface area contributed by atoms with Crippen molar-refractivity contribution in [3.8, 4) is 11.8 Å². The number of amides is 1. The van der Waals surface area contributed by atoms with Gasteiger partial charge in [-0.2, -0.15) is 5.26 Å². The SMILES string of the molecule is Cc1ccc(OCC(=O)NC(C)c2ccc(C#N)cc2)c(C)c1. The smallest absolute Gasteiger partial charge is 0.258 e. The molecule has 1 N–H and O–H groups in total. The first-order chi connectivity index (χ1) is 11.0. The van der Waals surface area contributed by atoms with Gasteiger partial charge in [-0.05, 0) is 50.1 Å². The van der Waals surface area contributed by atoms with Gasteiger partial charge in [0.05, 0.1) is 17.7 Å². The molecular weight excluding hydrogens is 288 g/mol. The van der Waals surface area contributed by atoms with Gasteiger partial charge < -0.3 is 10.1 Å². The molecule has 0 saturated carbocycles. The van der Waals surface area contributed by atoms with Crippen molar-refractivity contribution in [2.45, 2.75) is 26.8 Å². The molecule has 0 bridgehead atoms. The predicted molar refractivity (Wildman–Crippen MR) is 89.1 cm³/mol. The van der Waals surface area contributed by atoms with E-state index in [4.69, 9.17) is 10.00 Å². The van der Waals surface area contributed by atoms with Gasteiger partial charge in [0.25, 0.3) is 5.91 Å². The Morgan fingerprint density at radius 1 is 1.22 bits per heavy atom. The van der Waals surface area contributed by atoms with E-state index in [-0.39, 0.29) is 18.6 Å². The molecule has 0 aromatic heterocycles. The van der Waals surface area contributed by atoms with Crippen molar-refractivity contribution in [2.24, 2.45) is 0 Å². The van der Waals surface area contributed by atoms with Crippen LogP contribution in [0.2, 0.25) is 0 Å². The summed E-state index contributed by atoms with van der Waals surface area (Å²) in [6.07, 6.45) is 0. The Morgan fingerprint density at radius 3 is 2.52 bits per heavy atom. The fourth-order valence-electron chi connectivity index (χ4n) is 2.32. The molecule has 1 unspecified atom stereocenters. The summed E-state index contributed by atoms with van der Waals surface area (Å²) < 4.78 is 5.57. The summed E-state index contributed by atoms with van der Waals surface area (Å²) in [6.45, 7) is 5.85. The quantitative estimate of drug-likeness (QED) is 0.920. The molecule has 23 heavy (non-hydrogen) atoms. The second-order valence-corrected chi connectivity index (χ2v) is 5.58. The first-order valence-corrected chi connectivity index (χ1v) is 7.49. The highest BCUT2D eigenvalue weighted by Crippen LogP contribution is 2.18. The molecule has 0 saturated heterocycles. The van der Waals surface area contributed by atoms with E-state index >= 15 is 0 Å². The summed E-state index contributed by atoms with van der Waals surface area (Å²) in [6, 6.07) is 15.0. The van der Waals surface area contributed by atoms with E-state index in [0.717, 1.165) is 22.4 Å². The molecule has 1 amide bonds. The van der Waals surface area contributed by atoms with Crippen LogP contribution in [-0.4, -0.2) is 12.5 Å². The molecule has 0 radical (unpaired) electrons.